The minimum Gasteiger partial charge on any atom is -0.347 e. The lowest BCUT2D eigenvalue weighted by atomic mass is 9.88. The molecular weight excluding hydrogens is 248 g/mol. The van der Waals surface area contributed by atoms with Crippen molar-refractivity contribution < 1.29 is 4.79 Å². The summed E-state index contributed by atoms with van der Waals surface area (Å²) in [5, 5.41) is 12.0. The average Bonchev–Trinajstić information content (AvgIpc) is 2.52. The molecule has 0 radical (unpaired) electrons. The Balaban J connectivity index is 1.92. The molecule has 1 aliphatic rings. The van der Waals surface area contributed by atoms with E-state index in [1.807, 2.05) is 42.5 Å². The van der Waals surface area contributed by atoms with Crippen LogP contribution < -0.4 is 5.32 Å². The van der Waals surface area contributed by atoms with Crippen molar-refractivity contribution in [3.63, 3.8) is 0 Å². The number of allylic oxidation sites excluding steroid dienone is 1. The fourth-order valence-corrected chi connectivity index (χ4v) is 2.57. The molecular formula is C17H20N2O. The van der Waals surface area contributed by atoms with Crippen molar-refractivity contribution in [3.8, 4) is 6.07 Å². The van der Waals surface area contributed by atoms with Crippen molar-refractivity contribution in [1.29, 1.82) is 5.26 Å². The van der Waals surface area contributed by atoms with Crippen LogP contribution >= 0.6 is 0 Å². The van der Waals surface area contributed by atoms with Gasteiger partial charge in [0.25, 0.3) is 5.91 Å². The van der Waals surface area contributed by atoms with E-state index < -0.39 is 0 Å². The first-order valence-electron chi connectivity index (χ1n) is 7.23. The molecule has 0 spiro atoms. The van der Waals surface area contributed by atoms with E-state index in [1.165, 1.54) is 19.3 Å². The molecule has 0 aliphatic heterocycles. The van der Waals surface area contributed by atoms with Crippen LogP contribution in [-0.2, 0) is 11.3 Å². The standard InChI is InChI=1S/C17H20N2O/c18-12-16(11-14-7-3-1-4-8-14)17(20)19-13-15-9-5-2-6-10-15/h2,5-6,9-11,14H,1,3-4,7-8,13H2,(H,19,20)/b16-11+. The van der Waals surface area contributed by atoms with Gasteiger partial charge in [0.05, 0.1) is 0 Å². The van der Waals surface area contributed by atoms with E-state index in [0.29, 0.717) is 12.5 Å². The highest BCUT2D eigenvalue weighted by molar-refractivity contribution is 5.97. The van der Waals surface area contributed by atoms with Gasteiger partial charge in [0.15, 0.2) is 0 Å². The Bertz CT molecular complexity index is 508. The SMILES string of the molecule is N#C/C(=C\C1CCCCC1)C(=O)NCc1ccccc1. The lowest BCUT2D eigenvalue weighted by Crippen LogP contribution is -2.24. The monoisotopic (exact) mass is 268 g/mol. The third kappa shape index (κ3) is 4.24. The summed E-state index contributed by atoms with van der Waals surface area (Å²) in [5.41, 5.74) is 1.30. The number of nitrogens with zero attached hydrogens (tertiary/aromatic N) is 1. The Kier molecular flexibility index (Phi) is 5.37. The molecule has 0 saturated heterocycles. The smallest absolute Gasteiger partial charge is 0.261 e. The van der Waals surface area contributed by atoms with Crippen molar-refractivity contribution >= 4 is 5.91 Å². The van der Waals surface area contributed by atoms with Gasteiger partial charge in [-0.1, -0.05) is 55.7 Å². The molecule has 3 nitrogen and oxygen atoms in total. The molecule has 104 valence electrons. The summed E-state index contributed by atoms with van der Waals surface area (Å²) in [6.07, 6.45) is 7.72. The maximum atomic E-state index is 12.0. The van der Waals surface area contributed by atoms with Crippen molar-refractivity contribution in [2.75, 3.05) is 0 Å². The van der Waals surface area contributed by atoms with Crippen LogP contribution in [0.15, 0.2) is 42.0 Å². The van der Waals surface area contributed by atoms with Crippen molar-refractivity contribution in [2.45, 2.75) is 38.6 Å². The number of hydrogen-bond donors (Lipinski definition) is 1. The second-order valence-corrected chi connectivity index (χ2v) is 5.26. The molecule has 1 fully saturated rings. The molecule has 1 aromatic rings. The van der Waals surface area contributed by atoms with Crippen LogP contribution in [0.3, 0.4) is 0 Å². The molecule has 2 rings (SSSR count). The molecule has 3 heteroatoms. The molecule has 1 amide bonds. The minimum atomic E-state index is -0.262. The van der Waals surface area contributed by atoms with Gasteiger partial charge < -0.3 is 5.32 Å². The molecule has 20 heavy (non-hydrogen) atoms. The van der Waals surface area contributed by atoms with Gasteiger partial charge in [-0.25, -0.2) is 0 Å². The Morgan fingerprint density at radius 1 is 1.25 bits per heavy atom. The zero-order valence-electron chi connectivity index (χ0n) is 11.6. The van der Waals surface area contributed by atoms with Gasteiger partial charge in [-0.05, 0) is 24.3 Å². The van der Waals surface area contributed by atoms with Gasteiger partial charge in [-0.3, -0.25) is 4.79 Å². The summed E-state index contributed by atoms with van der Waals surface area (Å²) < 4.78 is 0. The molecule has 1 aromatic carbocycles. The van der Waals surface area contributed by atoms with Crippen molar-refractivity contribution in [3.05, 3.63) is 47.5 Å². The number of carbonyl (C=O) groups excluding carboxylic acids is 1. The Labute approximate surface area is 120 Å². The van der Waals surface area contributed by atoms with Crippen LogP contribution in [0.25, 0.3) is 0 Å². The fourth-order valence-electron chi connectivity index (χ4n) is 2.57. The van der Waals surface area contributed by atoms with Gasteiger partial charge in [0, 0.05) is 6.54 Å². The summed E-state index contributed by atoms with van der Waals surface area (Å²) in [7, 11) is 0. The van der Waals surface area contributed by atoms with Crippen LogP contribution in [0, 0.1) is 17.2 Å². The predicted octanol–water partition coefficient (Wildman–Crippen LogP) is 3.33. The van der Waals surface area contributed by atoms with Crippen molar-refractivity contribution in [1.82, 2.24) is 5.32 Å². The number of nitrogens with one attached hydrogen (secondary N) is 1. The van der Waals surface area contributed by atoms with E-state index in [9.17, 15) is 4.79 Å². The highest BCUT2D eigenvalue weighted by atomic mass is 16.1. The van der Waals surface area contributed by atoms with E-state index in [0.717, 1.165) is 18.4 Å². The normalized spacial score (nSPS) is 16.4. The molecule has 0 atom stereocenters. The van der Waals surface area contributed by atoms with Crippen LogP contribution in [0.5, 0.6) is 0 Å². The van der Waals surface area contributed by atoms with Gasteiger partial charge in [-0.15, -0.1) is 0 Å². The van der Waals surface area contributed by atoms with Crippen molar-refractivity contribution in [2.24, 2.45) is 5.92 Å². The van der Waals surface area contributed by atoms with Gasteiger partial charge >= 0.3 is 0 Å². The molecule has 0 heterocycles. The quantitative estimate of drug-likeness (QED) is 0.672. The highest BCUT2D eigenvalue weighted by Crippen LogP contribution is 2.25. The van der Waals surface area contributed by atoms with Gasteiger partial charge in [0.2, 0.25) is 0 Å². The van der Waals surface area contributed by atoms with Gasteiger partial charge in [-0.2, -0.15) is 5.26 Å². The molecule has 0 bridgehead atoms. The maximum absolute atomic E-state index is 12.0. The number of carbonyl (C=O) groups is 1. The first-order chi connectivity index (χ1) is 9.79. The Morgan fingerprint density at radius 3 is 2.60 bits per heavy atom. The Hall–Kier alpha value is -2.08. The van der Waals surface area contributed by atoms with E-state index in [1.54, 1.807) is 0 Å². The largest absolute Gasteiger partial charge is 0.347 e. The summed E-state index contributed by atoms with van der Waals surface area (Å²) in [6, 6.07) is 11.8. The molecule has 1 saturated carbocycles. The first kappa shape index (κ1) is 14.3. The fraction of sp³-hybridized carbons (Fsp3) is 0.412. The van der Waals surface area contributed by atoms with Crippen LogP contribution in [0.1, 0.15) is 37.7 Å². The topological polar surface area (TPSA) is 52.9 Å². The Morgan fingerprint density at radius 2 is 1.95 bits per heavy atom. The molecule has 1 N–H and O–H groups in total. The lowest BCUT2D eigenvalue weighted by molar-refractivity contribution is -0.117. The summed E-state index contributed by atoms with van der Waals surface area (Å²) >= 11 is 0. The number of benzene rings is 1. The highest BCUT2D eigenvalue weighted by Gasteiger charge is 2.15. The molecule has 0 aromatic heterocycles. The zero-order valence-corrected chi connectivity index (χ0v) is 11.6. The summed E-state index contributed by atoms with van der Waals surface area (Å²) in [5.74, 6) is 0.128. The molecule has 0 unspecified atom stereocenters. The molecule has 1 aliphatic carbocycles. The van der Waals surface area contributed by atoms with Crippen LogP contribution in [-0.4, -0.2) is 5.91 Å². The van der Waals surface area contributed by atoms with E-state index in [2.05, 4.69) is 5.32 Å². The predicted molar refractivity (Wildman–Crippen MR) is 78.6 cm³/mol. The number of rotatable bonds is 4. The maximum Gasteiger partial charge on any atom is 0.261 e. The lowest BCUT2D eigenvalue weighted by Gasteiger charge is -2.18. The average molecular weight is 268 g/mol. The zero-order chi connectivity index (χ0) is 14.2. The second-order valence-electron chi connectivity index (χ2n) is 5.26. The number of hydrogen-bond acceptors (Lipinski definition) is 2. The van der Waals surface area contributed by atoms with E-state index in [4.69, 9.17) is 5.26 Å². The van der Waals surface area contributed by atoms with Crippen LogP contribution in [0.2, 0.25) is 0 Å². The van der Waals surface area contributed by atoms with Crippen LogP contribution in [0.4, 0.5) is 0 Å². The summed E-state index contributed by atoms with van der Waals surface area (Å²) in [6.45, 7) is 0.462. The number of nitriles is 1. The number of amides is 1. The van der Waals surface area contributed by atoms with Gasteiger partial charge in [0.1, 0.15) is 11.6 Å². The van der Waals surface area contributed by atoms with E-state index >= 15 is 0 Å². The minimum absolute atomic E-state index is 0.257. The first-order valence-corrected chi connectivity index (χ1v) is 7.23. The third-order valence-electron chi connectivity index (χ3n) is 3.71. The second kappa shape index (κ2) is 7.49. The van der Waals surface area contributed by atoms with E-state index in [-0.39, 0.29) is 11.5 Å². The summed E-state index contributed by atoms with van der Waals surface area (Å²) in [4.78, 5) is 12.0. The third-order valence-corrected chi connectivity index (χ3v) is 3.71.